The van der Waals surface area contributed by atoms with Crippen molar-refractivity contribution in [1.29, 1.82) is 0 Å². The van der Waals surface area contributed by atoms with Crippen LogP contribution in [0.15, 0.2) is 18.2 Å². The zero-order valence-corrected chi connectivity index (χ0v) is 10.2. The van der Waals surface area contributed by atoms with Gasteiger partial charge in [0.05, 0.1) is 19.3 Å². The molecule has 0 spiro atoms. The van der Waals surface area contributed by atoms with Crippen molar-refractivity contribution in [2.24, 2.45) is 0 Å². The summed E-state index contributed by atoms with van der Waals surface area (Å²) < 4.78 is 24.2. The Labute approximate surface area is 101 Å². The molecule has 1 aliphatic heterocycles. The van der Waals surface area contributed by atoms with Crippen LogP contribution in [0, 0.1) is 5.82 Å². The average molecular weight is 239 g/mol. The molecule has 0 amide bonds. The number of halogens is 1. The predicted molar refractivity (Wildman–Crippen MR) is 63.7 cm³/mol. The van der Waals surface area contributed by atoms with E-state index in [0.29, 0.717) is 0 Å². The highest BCUT2D eigenvalue weighted by atomic mass is 19.1. The summed E-state index contributed by atoms with van der Waals surface area (Å²) in [6.07, 6.45) is 2.22. The summed E-state index contributed by atoms with van der Waals surface area (Å²) in [5, 5.41) is 3.19. The maximum atomic E-state index is 13.6. The van der Waals surface area contributed by atoms with Crippen LogP contribution in [0.25, 0.3) is 0 Å². The molecule has 1 N–H and O–H groups in total. The second-order valence-electron chi connectivity index (χ2n) is 4.21. The summed E-state index contributed by atoms with van der Waals surface area (Å²) in [5.74, 6) is -0.0563. The first-order chi connectivity index (χ1) is 8.26. The fourth-order valence-corrected chi connectivity index (χ4v) is 2.31. The zero-order valence-electron chi connectivity index (χ0n) is 10.2. The second kappa shape index (κ2) is 5.47. The van der Waals surface area contributed by atoms with E-state index >= 15 is 0 Å². The van der Waals surface area contributed by atoms with Crippen molar-refractivity contribution < 1.29 is 13.9 Å². The van der Waals surface area contributed by atoms with Crippen molar-refractivity contribution in [2.45, 2.75) is 25.0 Å². The predicted octanol–water partition coefficient (Wildman–Crippen LogP) is 2.27. The first-order valence-corrected chi connectivity index (χ1v) is 5.88. The van der Waals surface area contributed by atoms with Crippen LogP contribution in [-0.2, 0) is 4.74 Å². The molecule has 0 aliphatic carbocycles. The lowest BCUT2D eigenvalue weighted by molar-refractivity contribution is 0.0806. The Morgan fingerprint density at radius 3 is 2.88 bits per heavy atom. The molecule has 17 heavy (non-hydrogen) atoms. The van der Waals surface area contributed by atoms with Crippen LogP contribution in [0.2, 0.25) is 0 Å². The maximum Gasteiger partial charge on any atom is 0.165 e. The molecule has 2 unspecified atom stereocenters. The van der Waals surface area contributed by atoms with Crippen molar-refractivity contribution in [3.05, 3.63) is 29.6 Å². The Kier molecular flexibility index (Phi) is 3.97. The Balaban J connectivity index is 2.21. The maximum absolute atomic E-state index is 13.6. The van der Waals surface area contributed by atoms with E-state index in [9.17, 15) is 4.39 Å². The molecule has 94 valence electrons. The number of rotatable bonds is 4. The van der Waals surface area contributed by atoms with Crippen molar-refractivity contribution in [1.82, 2.24) is 5.32 Å². The third-order valence-corrected chi connectivity index (χ3v) is 3.18. The quantitative estimate of drug-likeness (QED) is 0.874. The fraction of sp³-hybridized carbons (Fsp3) is 0.538. The lowest BCUT2D eigenvalue weighted by atomic mass is 9.99. The van der Waals surface area contributed by atoms with Gasteiger partial charge in [0.1, 0.15) is 0 Å². The van der Waals surface area contributed by atoms with Gasteiger partial charge in [0.15, 0.2) is 11.6 Å². The molecular weight excluding hydrogens is 221 g/mol. The molecule has 0 radical (unpaired) electrons. The Hall–Kier alpha value is -1.13. The van der Waals surface area contributed by atoms with Crippen LogP contribution < -0.4 is 10.1 Å². The summed E-state index contributed by atoms with van der Waals surface area (Å²) in [5.41, 5.74) is 0.901. The van der Waals surface area contributed by atoms with Crippen LogP contribution in [0.3, 0.4) is 0 Å². The molecule has 1 aromatic rings. The standard InChI is InChI=1S/C13H18FNO2/c1-15-13(12-4-3-7-17-12)9-5-6-11(16-2)10(14)8-9/h5-6,8,12-13,15H,3-4,7H2,1-2H3. The van der Waals surface area contributed by atoms with Gasteiger partial charge in [-0.05, 0) is 37.6 Å². The van der Waals surface area contributed by atoms with Gasteiger partial charge in [0.2, 0.25) is 0 Å². The third-order valence-electron chi connectivity index (χ3n) is 3.18. The summed E-state index contributed by atoms with van der Waals surface area (Å²) >= 11 is 0. The molecule has 2 rings (SSSR count). The van der Waals surface area contributed by atoms with Crippen LogP contribution in [0.5, 0.6) is 5.75 Å². The number of benzene rings is 1. The van der Waals surface area contributed by atoms with E-state index in [1.807, 2.05) is 13.1 Å². The lowest BCUT2D eigenvalue weighted by Gasteiger charge is -2.23. The highest BCUT2D eigenvalue weighted by molar-refractivity contribution is 5.31. The normalized spacial score (nSPS) is 21.5. The van der Waals surface area contributed by atoms with Crippen LogP contribution in [0.1, 0.15) is 24.4 Å². The molecule has 1 aromatic carbocycles. The Bertz CT molecular complexity index is 378. The molecule has 0 bridgehead atoms. The van der Waals surface area contributed by atoms with Gasteiger partial charge in [-0.25, -0.2) is 4.39 Å². The van der Waals surface area contributed by atoms with E-state index in [0.717, 1.165) is 25.0 Å². The van der Waals surface area contributed by atoms with Crippen molar-refractivity contribution in [3.8, 4) is 5.75 Å². The van der Waals surface area contributed by atoms with Crippen molar-refractivity contribution in [3.63, 3.8) is 0 Å². The molecule has 1 saturated heterocycles. The molecule has 4 heteroatoms. The van der Waals surface area contributed by atoms with E-state index in [4.69, 9.17) is 9.47 Å². The Morgan fingerprint density at radius 2 is 2.35 bits per heavy atom. The van der Waals surface area contributed by atoms with E-state index in [1.165, 1.54) is 13.2 Å². The van der Waals surface area contributed by atoms with Gasteiger partial charge in [0.25, 0.3) is 0 Å². The molecule has 1 fully saturated rings. The second-order valence-corrected chi connectivity index (χ2v) is 4.21. The molecule has 0 aromatic heterocycles. The largest absolute Gasteiger partial charge is 0.494 e. The number of likely N-dealkylation sites (N-methyl/N-ethyl adjacent to an activating group) is 1. The van der Waals surface area contributed by atoms with Crippen LogP contribution in [0.4, 0.5) is 4.39 Å². The first-order valence-electron chi connectivity index (χ1n) is 5.88. The minimum absolute atomic E-state index is 0.0397. The number of ether oxygens (including phenoxy) is 2. The number of nitrogens with one attached hydrogen (secondary N) is 1. The summed E-state index contributed by atoms with van der Waals surface area (Å²) in [4.78, 5) is 0. The molecule has 0 saturated carbocycles. The average Bonchev–Trinajstić information content (AvgIpc) is 2.84. The smallest absolute Gasteiger partial charge is 0.165 e. The van der Waals surface area contributed by atoms with Crippen LogP contribution in [-0.4, -0.2) is 26.9 Å². The molecule has 1 aliphatic rings. The van der Waals surface area contributed by atoms with Gasteiger partial charge in [-0.1, -0.05) is 6.07 Å². The minimum atomic E-state index is -0.330. The third kappa shape index (κ3) is 2.58. The van der Waals surface area contributed by atoms with Crippen molar-refractivity contribution in [2.75, 3.05) is 20.8 Å². The summed E-state index contributed by atoms with van der Waals surface area (Å²) in [6.45, 7) is 0.793. The monoisotopic (exact) mass is 239 g/mol. The first kappa shape index (κ1) is 12.3. The van der Waals surface area contributed by atoms with Gasteiger partial charge in [-0.15, -0.1) is 0 Å². The molecular formula is C13H18FNO2. The van der Waals surface area contributed by atoms with Gasteiger partial charge in [0, 0.05) is 6.61 Å². The number of hydrogen-bond acceptors (Lipinski definition) is 3. The number of methoxy groups -OCH3 is 1. The minimum Gasteiger partial charge on any atom is -0.494 e. The van der Waals surface area contributed by atoms with Crippen molar-refractivity contribution >= 4 is 0 Å². The topological polar surface area (TPSA) is 30.5 Å². The van der Waals surface area contributed by atoms with E-state index in [-0.39, 0.29) is 23.7 Å². The van der Waals surface area contributed by atoms with Gasteiger partial charge in [-0.3, -0.25) is 0 Å². The SMILES string of the molecule is CNC(c1ccc(OC)c(F)c1)C1CCCO1. The van der Waals surface area contributed by atoms with E-state index < -0.39 is 0 Å². The molecule has 1 heterocycles. The highest BCUT2D eigenvalue weighted by Crippen LogP contribution is 2.29. The highest BCUT2D eigenvalue weighted by Gasteiger charge is 2.26. The van der Waals surface area contributed by atoms with E-state index in [2.05, 4.69) is 5.32 Å². The molecule has 3 nitrogen and oxygen atoms in total. The Morgan fingerprint density at radius 1 is 1.53 bits per heavy atom. The molecule has 2 atom stereocenters. The fourth-order valence-electron chi connectivity index (χ4n) is 2.31. The van der Waals surface area contributed by atoms with Gasteiger partial charge >= 0.3 is 0 Å². The number of hydrogen-bond donors (Lipinski definition) is 1. The summed E-state index contributed by atoms with van der Waals surface area (Å²) in [7, 11) is 3.34. The van der Waals surface area contributed by atoms with E-state index in [1.54, 1.807) is 6.07 Å². The van der Waals surface area contributed by atoms with Gasteiger partial charge < -0.3 is 14.8 Å². The lowest BCUT2D eigenvalue weighted by Crippen LogP contribution is -2.29. The van der Waals surface area contributed by atoms with Crippen LogP contribution >= 0.6 is 0 Å². The van der Waals surface area contributed by atoms with Gasteiger partial charge in [-0.2, -0.15) is 0 Å². The zero-order chi connectivity index (χ0) is 12.3. The summed E-state index contributed by atoms with van der Waals surface area (Å²) in [6, 6.07) is 5.09.